The molecular weight excluding hydrogens is 264 g/mol. The molecular formula is C17H32N2O2. The summed E-state index contributed by atoms with van der Waals surface area (Å²) in [5, 5.41) is 0. The molecule has 0 N–H and O–H groups in total. The maximum Gasteiger partial charge on any atom is 0.225 e. The van der Waals surface area contributed by atoms with E-state index in [2.05, 4.69) is 20.8 Å². The molecule has 4 nitrogen and oxygen atoms in total. The minimum atomic E-state index is 0.109. The zero-order valence-corrected chi connectivity index (χ0v) is 14.2. The SMILES string of the molecule is CCCCN(C)C(=O)C1CCN(C(=O)C(CC)CC)CC1. The van der Waals surface area contributed by atoms with Gasteiger partial charge < -0.3 is 9.80 Å². The Morgan fingerprint density at radius 3 is 2.19 bits per heavy atom. The van der Waals surface area contributed by atoms with E-state index in [-0.39, 0.29) is 23.7 Å². The van der Waals surface area contributed by atoms with Gasteiger partial charge in [-0.25, -0.2) is 0 Å². The van der Waals surface area contributed by atoms with Gasteiger partial charge in [-0.2, -0.15) is 0 Å². The van der Waals surface area contributed by atoms with E-state index in [0.717, 1.165) is 58.2 Å². The van der Waals surface area contributed by atoms with Crippen LogP contribution in [0.3, 0.4) is 0 Å². The van der Waals surface area contributed by atoms with Crippen molar-refractivity contribution in [1.82, 2.24) is 9.80 Å². The molecule has 1 aliphatic heterocycles. The van der Waals surface area contributed by atoms with Crippen LogP contribution in [0.1, 0.15) is 59.3 Å². The van der Waals surface area contributed by atoms with Crippen molar-refractivity contribution < 1.29 is 9.59 Å². The second kappa shape index (κ2) is 9.06. The van der Waals surface area contributed by atoms with Gasteiger partial charge in [-0.1, -0.05) is 27.2 Å². The minimum absolute atomic E-state index is 0.109. The number of piperidine rings is 1. The smallest absolute Gasteiger partial charge is 0.225 e. The van der Waals surface area contributed by atoms with Gasteiger partial charge in [-0.3, -0.25) is 9.59 Å². The summed E-state index contributed by atoms with van der Waals surface area (Å²) in [6.45, 7) is 8.62. The van der Waals surface area contributed by atoms with E-state index >= 15 is 0 Å². The third kappa shape index (κ3) is 5.01. The standard InChI is InChI=1S/C17H32N2O2/c1-5-8-11-18(4)16(20)15-9-12-19(13-10-15)17(21)14(6-2)7-3/h14-15H,5-13H2,1-4H3. The average Bonchev–Trinajstić information content (AvgIpc) is 2.53. The number of unbranched alkanes of at least 4 members (excludes halogenated alkanes) is 1. The number of hydrogen-bond acceptors (Lipinski definition) is 2. The Bertz CT molecular complexity index is 332. The van der Waals surface area contributed by atoms with Crippen LogP contribution in [0.25, 0.3) is 0 Å². The van der Waals surface area contributed by atoms with Gasteiger partial charge in [-0.05, 0) is 32.1 Å². The first-order valence-electron chi connectivity index (χ1n) is 8.58. The molecule has 2 amide bonds. The van der Waals surface area contributed by atoms with E-state index in [1.54, 1.807) is 0 Å². The zero-order chi connectivity index (χ0) is 15.8. The van der Waals surface area contributed by atoms with Gasteiger partial charge in [0.05, 0.1) is 0 Å². The van der Waals surface area contributed by atoms with E-state index in [4.69, 9.17) is 0 Å². The molecule has 0 unspecified atom stereocenters. The number of nitrogens with zero attached hydrogens (tertiary/aromatic N) is 2. The average molecular weight is 296 g/mol. The highest BCUT2D eigenvalue weighted by Crippen LogP contribution is 2.22. The maximum atomic E-state index is 12.3. The van der Waals surface area contributed by atoms with Crippen molar-refractivity contribution in [1.29, 1.82) is 0 Å². The predicted molar refractivity (Wildman–Crippen MR) is 85.9 cm³/mol. The molecule has 0 saturated carbocycles. The molecule has 0 aromatic rings. The highest BCUT2D eigenvalue weighted by Gasteiger charge is 2.30. The molecule has 4 heteroatoms. The minimum Gasteiger partial charge on any atom is -0.346 e. The second-order valence-corrected chi connectivity index (χ2v) is 6.23. The summed E-state index contributed by atoms with van der Waals surface area (Å²) in [4.78, 5) is 28.5. The number of rotatable bonds is 7. The molecule has 0 aliphatic carbocycles. The van der Waals surface area contributed by atoms with Crippen LogP contribution in [0, 0.1) is 11.8 Å². The molecule has 1 heterocycles. The quantitative estimate of drug-likeness (QED) is 0.725. The van der Waals surface area contributed by atoms with Gasteiger partial charge in [0.2, 0.25) is 11.8 Å². The first-order chi connectivity index (χ1) is 10.0. The molecule has 0 bridgehead atoms. The lowest BCUT2D eigenvalue weighted by molar-refractivity contribution is -0.142. The molecule has 0 atom stereocenters. The molecule has 1 fully saturated rings. The van der Waals surface area contributed by atoms with Gasteiger partial charge >= 0.3 is 0 Å². The van der Waals surface area contributed by atoms with Crippen molar-refractivity contribution in [3.8, 4) is 0 Å². The third-order valence-electron chi connectivity index (χ3n) is 4.71. The summed E-state index contributed by atoms with van der Waals surface area (Å²) in [6.07, 6.45) is 5.64. The molecule has 1 aliphatic rings. The lowest BCUT2D eigenvalue weighted by Crippen LogP contribution is -2.45. The van der Waals surface area contributed by atoms with E-state index in [9.17, 15) is 9.59 Å². The van der Waals surface area contributed by atoms with Crippen LogP contribution >= 0.6 is 0 Å². The summed E-state index contributed by atoms with van der Waals surface area (Å²) < 4.78 is 0. The molecule has 21 heavy (non-hydrogen) atoms. The topological polar surface area (TPSA) is 40.6 Å². The Labute approximate surface area is 129 Å². The summed E-state index contributed by atoms with van der Waals surface area (Å²) in [7, 11) is 1.90. The Hall–Kier alpha value is -1.06. The lowest BCUT2D eigenvalue weighted by Gasteiger charge is -2.34. The van der Waals surface area contributed by atoms with Crippen LogP contribution in [-0.4, -0.2) is 48.3 Å². The molecule has 0 radical (unpaired) electrons. The lowest BCUT2D eigenvalue weighted by atomic mass is 9.93. The van der Waals surface area contributed by atoms with Crippen molar-refractivity contribution in [2.45, 2.75) is 59.3 Å². The van der Waals surface area contributed by atoms with Gasteiger partial charge in [0.1, 0.15) is 0 Å². The van der Waals surface area contributed by atoms with Crippen LogP contribution in [0.2, 0.25) is 0 Å². The van der Waals surface area contributed by atoms with E-state index < -0.39 is 0 Å². The van der Waals surface area contributed by atoms with Crippen molar-refractivity contribution >= 4 is 11.8 Å². The molecule has 1 rings (SSSR count). The fourth-order valence-electron chi connectivity index (χ4n) is 3.06. The maximum absolute atomic E-state index is 12.3. The second-order valence-electron chi connectivity index (χ2n) is 6.23. The van der Waals surface area contributed by atoms with E-state index in [1.165, 1.54) is 0 Å². The van der Waals surface area contributed by atoms with Gasteiger partial charge in [-0.15, -0.1) is 0 Å². The third-order valence-corrected chi connectivity index (χ3v) is 4.71. The van der Waals surface area contributed by atoms with Crippen LogP contribution in [0.15, 0.2) is 0 Å². The number of amides is 2. The summed E-state index contributed by atoms with van der Waals surface area (Å²) in [6, 6.07) is 0. The van der Waals surface area contributed by atoms with Gasteiger partial charge in [0, 0.05) is 38.5 Å². The number of carbonyl (C=O) groups excluding carboxylic acids is 2. The van der Waals surface area contributed by atoms with Crippen LogP contribution < -0.4 is 0 Å². The van der Waals surface area contributed by atoms with Crippen LogP contribution in [0.5, 0.6) is 0 Å². The highest BCUT2D eigenvalue weighted by atomic mass is 16.2. The number of likely N-dealkylation sites (tertiary alicyclic amines) is 1. The summed E-state index contributed by atoms with van der Waals surface area (Å²) in [5.74, 6) is 0.811. The van der Waals surface area contributed by atoms with Crippen molar-refractivity contribution in [3.05, 3.63) is 0 Å². The van der Waals surface area contributed by atoms with E-state index in [1.807, 2.05) is 16.8 Å². The van der Waals surface area contributed by atoms with Crippen LogP contribution in [-0.2, 0) is 9.59 Å². The summed E-state index contributed by atoms with van der Waals surface area (Å²) >= 11 is 0. The van der Waals surface area contributed by atoms with E-state index in [0.29, 0.717) is 0 Å². The number of hydrogen-bond donors (Lipinski definition) is 0. The summed E-state index contributed by atoms with van der Waals surface area (Å²) in [5.41, 5.74) is 0. The molecule has 1 saturated heterocycles. The molecule has 122 valence electrons. The predicted octanol–water partition coefficient (Wildman–Crippen LogP) is 2.92. The Morgan fingerprint density at radius 2 is 1.71 bits per heavy atom. The molecule has 0 aromatic carbocycles. The monoisotopic (exact) mass is 296 g/mol. The Kier molecular flexibility index (Phi) is 7.76. The first-order valence-corrected chi connectivity index (χ1v) is 8.58. The molecule has 0 spiro atoms. The zero-order valence-electron chi connectivity index (χ0n) is 14.2. The fraction of sp³-hybridized carbons (Fsp3) is 0.882. The molecule has 0 aromatic heterocycles. The first kappa shape index (κ1) is 18.0. The van der Waals surface area contributed by atoms with Crippen molar-refractivity contribution in [2.24, 2.45) is 11.8 Å². The van der Waals surface area contributed by atoms with Crippen molar-refractivity contribution in [3.63, 3.8) is 0 Å². The van der Waals surface area contributed by atoms with Crippen LogP contribution in [0.4, 0.5) is 0 Å². The van der Waals surface area contributed by atoms with Gasteiger partial charge in [0.25, 0.3) is 0 Å². The largest absolute Gasteiger partial charge is 0.346 e. The highest BCUT2D eigenvalue weighted by molar-refractivity contribution is 5.81. The normalized spacial score (nSPS) is 16.3. The fourth-order valence-corrected chi connectivity index (χ4v) is 3.06. The Morgan fingerprint density at radius 1 is 1.14 bits per heavy atom. The van der Waals surface area contributed by atoms with Crippen molar-refractivity contribution in [2.75, 3.05) is 26.7 Å². The van der Waals surface area contributed by atoms with Gasteiger partial charge in [0.15, 0.2) is 0 Å². The number of carbonyl (C=O) groups is 2. The Balaban J connectivity index is 2.44.